The lowest BCUT2D eigenvalue weighted by atomic mass is 10.2. The fourth-order valence-electron chi connectivity index (χ4n) is 3.19. The van der Waals surface area contributed by atoms with Crippen LogP contribution in [0.25, 0.3) is 6.08 Å². The number of hydrogen-bond acceptors (Lipinski definition) is 7. The van der Waals surface area contributed by atoms with Gasteiger partial charge in [-0.3, -0.25) is 24.7 Å². The molecule has 170 valence electrons. The van der Waals surface area contributed by atoms with E-state index in [9.17, 15) is 14.4 Å². The average Bonchev–Trinajstić information content (AvgIpc) is 3.04. The Balaban J connectivity index is 1.44. The molecule has 0 bridgehead atoms. The molecular weight excluding hydrogens is 486 g/mol. The van der Waals surface area contributed by atoms with E-state index in [0.29, 0.717) is 28.0 Å². The highest BCUT2D eigenvalue weighted by molar-refractivity contribution is 8.26. The second kappa shape index (κ2) is 9.82. The van der Waals surface area contributed by atoms with Gasteiger partial charge in [-0.05, 0) is 61.1 Å². The molecule has 3 amide bonds. The first-order valence-corrected chi connectivity index (χ1v) is 11.5. The average molecular weight is 504 g/mol. The van der Waals surface area contributed by atoms with Crippen molar-refractivity contribution in [3.05, 3.63) is 58.0 Å². The van der Waals surface area contributed by atoms with Crippen molar-refractivity contribution < 1.29 is 23.9 Å². The van der Waals surface area contributed by atoms with E-state index in [1.54, 1.807) is 36.4 Å². The molecule has 11 heteroatoms. The third-order valence-electron chi connectivity index (χ3n) is 4.68. The maximum absolute atomic E-state index is 12.8. The number of benzene rings is 2. The van der Waals surface area contributed by atoms with Crippen LogP contribution in [0.4, 0.5) is 5.69 Å². The van der Waals surface area contributed by atoms with Crippen molar-refractivity contribution in [2.24, 2.45) is 0 Å². The van der Waals surface area contributed by atoms with Gasteiger partial charge in [0.2, 0.25) is 0 Å². The van der Waals surface area contributed by atoms with E-state index in [1.807, 2.05) is 19.1 Å². The third kappa shape index (κ3) is 5.13. The molecule has 1 saturated heterocycles. The maximum Gasteiger partial charge on any atom is 0.285 e. The van der Waals surface area contributed by atoms with Crippen molar-refractivity contribution in [2.45, 2.75) is 6.92 Å². The van der Waals surface area contributed by atoms with E-state index in [-0.39, 0.29) is 17.5 Å². The highest BCUT2D eigenvalue weighted by atomic mass is 35.5. The van der Waals surface area contributed by atoms with Crippen LogP contribution in [0.15, 0.2) is 47.4 Å². The molecule has 2 heterocycles. The molecule has 4 rings (SSSR count). The summed E-state index contributed by atoms with van der Waals surface area (Å²) in [4.78, 5) is 39.5. The smallest absolute Gasteiger partial charge is 0.285 e. The first-order chi connectivity index (χ1) is 15.9. The first-order valence-electron chi connectivity index (χ1n) is 9.88. The fraction of sp³-hybridized carbons (Fsp3) is 0.182. The number of carbonyl (C=O) groups excluding carboxylic acids is 3. The quantitative estimate of drug-likeness (QED) is 0.477. The second-order valence-electron chi connectivity index (χ2n) is 6.93. The van der Waals surface area contributed by atoms with E-state index in [0.717, 1.165) is 28.1 Å². The molecule has 2 aliphatic rings. The lowest BCUT2D eigenvalue weighted by Gasteiger charge is -2.29. The Kier molecular flexibility index (Phi) is 6.87. The van der Waals surface area contributed by atoms with Crippen LogP contribution in [0.2, 0.25) is 5.02 Å². The summed E-state index contributed by atoms with van der Waals surface area (Å²) in [5.74, 6) is -0.273. The van der Waals surface area contributed by atoms with E-state index in [1.165, 1.54) is 4.90 Å². The first kappa shape index (κ1) is 23.1. The molecule has 2 aromatic rings. The zero-order valence-electron chi connectivity index (χ0n) is 17.4. The molecule has 2 aliphatic heterocycles. The lowest BCUT2D eigenvalue weighted by Crippen LogP contribution is -2.51. The van der Waals surface area contributed by atoms with Crippen LogP contribution in [-0.4, -0.2) is 46.8 Å². The highest BCUT2D eigenvalue weighted by Gasteiger charge is 2.35. The SMILES string of the molecule is CCOc1ccc(/C=C2/SC(=S)N(NC(=O)CN3C(=O)COc4ccc(Cl)cc43)C2=O)cc1. The number of amides is 3. The number of carbonyl (C=O) groups is 3. The van der Waals surface area contributed by atoms with Crippen molar-refractivity contribution in [2.75, 3.05) is 24.7 Å². The summed E-state index contributed by atoms with van der Waals surface area (Å²) >= 11 is 12.4. The number of ether oxygens (including phenoxy) is 2. The Hall–Kier alpha value is -3.08. The summed E-state index contributed by atoms with van der Waals surface area (Å²) in [5.41, 5.74) is 3.66. The van der Waals surface area contributed by atoms with Crippen LogP contribution in [0.5, 0.6) is 11.5 Å². The number of halogens is 1. The van der Waals surface area contributed by atoms with Crippen LogP contribution in [0.3, 0.4) is 0 Å². The van der Waals surface area contributed by atoms with Crippen molar-refractivity contribution >= 4 is 69.4 Å². The van der Waals surface area contributed by atoms with Gasteiger partial charge >= 0.3 is 0 Å². The number of anilines is 1. The van der Waals surface area contributed by atoms with Crippen LogP contribution in [0.1, 0.15) is 12.5 Å². The molecule has 8 nitrogen and oxygen atoms in total. The van der Waals surface area contributed by atoms with E-state index in [2.05, 4.69) is 5.43 Å². The van der Waals surface area contributed by atoms with E-state index >= 15 is 0 Å². The lowest BCUT2D eigenvalue weighted by molar-refractivity contribution is -0.133. The molecule has 1 N–H and O–H groups in total. The van der Waals surface area contributed by atoms with Gasteiger partial charge in [0.05, 0.1) is 17.2 Å². The number of nitrogens with one attached hydrogen (secondary N) is 1. The molecule has 1 fully saturated rings. The van der Waals surface area contributed by atoms with Crippen LogP contribution in [0, 0.1) is 0 Å². The monoisotopic (exact) mass is 503 g/mol. The van der Waals surface area contributed by atoms with Crippen LogP contribution in [-0.2, 0) is 14.4 Å². The van der Waals surface area contributed by atoms with Gasteiger partial charge in [-0.2, -0.15) is 5.01 Å². The van der Waals surface area contributed by atoms with Gasteiger partial charge in [0.15, 0.2) is 10.9 Å². The molecule has 0 saturated carbocycles. The minimum Gasteiger partial charge on any atom is -0.494 e. The van der Waals surface area contributed by atoms with Gasteiger partial charge in [0.1, 0.15) is 18.0 Å². The molecule has 0 atom stereocenters. The Morgan fingerprint density at radius 2 is 2.03 bits per heavy atom. The summed E-state index contributed by atoms with van der Waals surface area (Å²) < 4.78 is 11.0. The van der Waals surface area contributed by atoms with Gasteiger partial charge in [0, 0.05) is 5.02 Å². The predicted octanol–water partition coefficient (Wildman–Crippen LogP) is 3.40. The molecule has 2 aromatic carbocycles. The molecule has 33 heavy (non-hydrogen) atoms. The zero-order valence-corrected chi connectivity index (χ0v) is 19.8. The fourth-order valence-corrected chi connectivity index (χ4v) is 4.54. The molecule has 0 radical (unpaired) electrons. The Morgan fingerprint density at radius 3 is 2.76 bits per heavy atom. The molecular formula is C22H18ClN3O5S2. The molecule has 0 aromatic heterocycles. The number of thiocarbonyl (C=S) groups is 1. The van der Waals surface area contributed by atoms with Gasteiger partial charge in [0.25, 0.3) is 17.7 Å². The summed E-state index contributed by atoms with van der Waals surface area (Å²) in [6.45, 7) is 1.93. The third-order valence-corrected chi connectivity index (χ3v) is 6.22. The van der Waals surface area contributed by atoms with E-state index in [4.69, 9.17) is 33.3 Å². The molecule has 0 spiro atoms. The zero-order chi connectivity index (χ0) is 23.5. The number of hydrazine groups is 1. The van der Waals surface area contributed by atoms with Crippen LogP contribution < -0.4 is 19.8 Å². The summed E-state index contributed by atoms with van der Waals surface area (Å²) in [6, 6.07) is 12.1. The minimum absolute atomic E-state index is 0.183. The van der Waals surface area contributed by atoms with Crippen molar-refractivity contribution in [3.63, 3.8) is 0 Å². The maximum atomic E-state index is 12.8. The Morgan fingerprint density at radius 1 is 1.27 bits per heavy atom. The van der Waals surface area contributed by atoms with Gasteiger partial charge in [-0.15, -0.1) is 0 Å². The minimum atomic E-state index is -0.588. The topological polar surface area (TPSA) is 88.2 Å². The van der Waals surface area contributed by atoms with Crippen molar-refractivity contribution in [1.29, 1.82) is 0 Å². The number of fused-ring (bicyclic) bond motifs is 1. The van der Waals surface area contributed by atoms with Gasteiger partial charge in [-0.1, -0.05) is 35.5 Å². The largest absolute Gasteiger partial charge is 0.494 e. The van der Waals surface area contributed by atoms with Gasteiger partial charge in [-0.25, -0.2) is 0 Å². The van der Waals surface area contributed by atoms with Crippen molar-refractivity contribution in [3.8, 4) is 11.5 Å². The number of rotatable bonds is 6. The normalized spacial score (nSPS) is 16.7. The Bertz CT molecular complexity index is 1170. The standard InChI is InChI=1S/C22H18ClN3O5S2/c1-2-30-15-6-3-13(4-7-15)9-18-21(29)26(22(32)33-18)24-19(27)11-25-16-10-14(23)5-8-17(16)31-12-20(25)28/h3-10H,2,11-12H2,1H3,(H,24,27)/b18-9+. The number of hydrogen-bond donors (Lipinski definition) is 1. The number of thioether (sulfide) groups is 1. The second-order valence-corrected chi connectivity index (χ2v) is 9.05. The predicted molar refractivity (Wildman–Crippen MR) is 130 cm³/mol. The Labute approximate surface area is 204 Å². The van der Waals surface area contributed by atoms with Crippen molar-refractivity contribution in [1.82, 2.24) is 10.4 Å². The van der Waals surface area contributed by atoms with E-state index < -0.39 is 17.7 Å². The number of nitrogens with zero attached hydrogens (tertiary/aromatic N) is 2. The summed E-state index contributed by atoms with van der Waals surface area (Å²) in [7, 11) is 0. The molecule has 0 aliphatic carbocycles. The van der Waals surface area contributed by atoms with Crippen LogP contribution >= 0.6 is 35.6 Å². The summed E-state index contributed by atoms with van der Waals surface area (Å²) in [5, 5.41) is 1.40. The highest BCUT2D eigenvalue weighted by Crippen LogP contribution is 2.35. The van der Waals surface area contributed by atoms with Gasteiger partial charge < -0.3 is 9.47 Å². The molecule has 0 unspecified atom stereocenters. The summed E-state index contributed by atoms with van der Waals surface area (Å²) in [6.07, 6.45) is 1.69.